The van der Waals surface area contributed by atoms with Gasteiger partial charge >= 0.3 is 0 Å². The van der Waals surface area contributed by atoms with Gasteiger partial charge in [0.05, 0.1) is 0 Å². The van der Waals surface area contributed by atoms with E-state index >= 15 is 0 Å². The molecule has 1 aromatic rings. The van der Waals surface area contributed by atoms with Crippen LogP contribution < -0.4 is 0 Å². The molecule has 1 aliphatic rings. The van der Waals surface area contributed by atoms with Gasteiger partial charge in [-0.1, -0.05) is 42.0 Å². The van der Waals surface area contributed by atoms with Gasteiger partial charge in [0.2, 0.25) is 0 Å². The molecule has 0 unspecified atom stereocenters. The third-order valence-electron chi connectivity index (χ3n) is 2.26. The molecule has 0 bridgehead atoms. The molecule has 0 fully saturated rings. The van der Waals surface area contributed by atoms with Gasteiger partial charge in [0, 0.05) is 0 Å². The predicted molar refractivity (Wildman–Crippen MR) is 53.0 cm³/mol. The van der Waals surface area contributed by atoms with E-state index in [0.29, 0.717) is 0 Å². The van der Waals surface area contributed by atoms with Crippen molar-refractivity contribution in [2.24, 2.45) is 0 Å². The molecule has 0 spiro atoms. The Balaban J connectivity index is 2.48. The maximum Gasteiger partial charge on any atom is -0.0152 e. The van der Waals surface area contributed by atoms with Crippen molar-refractivity contribution in [1.29, 1.82) is 0 Å². The number of allylic oxidation sites excluding steroid dienone is 4. The first-order chi connectivity index (χ1) is 5.77. The average molecular weight is 156 g/mol. The lowest BCUT2D eigenvalue weighted by molar-refractivity contribution is 1.36. The molecule has 0 amide bonds. The van der Waals surface area contributed by atoms with E-state index in [2.05, 4.69) is 50.3 Å². The molecule has 0 aromatic heterocycles. The van der Waals surface area contributed by atoms with Crippen LogP contribution in [-0.2, 0) is 0 Å². The Morgan fingerprint density at radius 1 is 1.08 bits per heavy atom. The summed E-state index contributed by atoms with van der Waals surface area (Å²) in [6.07, 6.45) is 6.39. The minimum absolute atomic E-state index is 1.33. The quantitative estimate of drug-likeness (QED) is 0.585. The number of benzene rings is 1. The normalized spacial score (nSPS) is 14.0. The summed E-state index contributed by atoms with van der Waals surface area (Å²) in [5.74, 6) is 0. The Bertz CT molecular complexity index is 368. The summed E-state index contributed by atoms with van der Waals surface area (Å²) in [5, 5.41) is 0. The van der Waals surface area contributed by atoms with Crippen molar-refractivity contribution in [2.75, 3.05) is 0 Å². The topological polar surface area (TPSA) is 0 Å². The lowest BCUT2D eigenvalue weighted by atomic mass is 9.94. The van der Waals surface area contributed by atoms with Gasteiger partial charge in [0.15, 0.2) is 0 Å². The van der Waals surface area contributed by atoms with E-state index in [9.17, 15) is 0 Å². The zero-order valence-corrected chi connectivity index (χ0v) is 7.46. The molecule has 0 heterocycles. The SMILES string of the molecule is Cc1ccc(C)c(C2=CC=C2)c1. The van der Waals surface area contributed by atoms with Crippen LogP contribution in [0.5, 0.6) is 0 Å². The molecule has 0 heteroatoms. The Morgan fingerprint density at radius 3 is 2.42 bits per heavy atom. The number of hydrogen-bond acceptors (Lipinski definition) is 0. The molecule has 60 valence electrons. The van der Waals surface area contributed by atoms with Crippen molar-refractivity contribution < 1.29 is 0 Å². The smallest absolute Gasteiger partial charge is 0.0152 e. The Hall–Kier alpha value is -1.30. The second-order valence-corrected chi connectivity index (χ2v) is 3.30. The standard InChI is InChI=1S/C12H12/c1-9-6-7-10(2)12(8-9)11-4-3-5-11/h3-8H,1-2H3. The minimum Gasteiger partial charge on any atom is -0.0610 e. The summed E-state index contributed by atoms with van der Waals surface area (Å²) in [5.41, 5.74) is 5.42. The van der Waals surface area contributed by atoms with Gasteiger partial charge in [-0.2, -0.15) is 0 Å². The Morgan fingerprint density at radius 2 is 1.83 bits per heavy atom. The second-order valence-electron chi connectivity index (χ2n) is 3.30. The van der Waals surface area contributed by atoms with Gasteiger partial charge in [-0.3, -0.25) is 0 Å². The van der Waals surface area contributed by atoms with E-state index in [0.717, 1.165) is 0 Å². The Labute approximate surface area is 73.2 Å². The van der Waals surface area contributed by atoms with Crippen LogP contribution in [0, 0.1) is 13.8 Å². The van der Waals surface area contributed by atoms with Gasteiger partial charge in [-0.25, -0.2) is 0 Å². The van der Waals surface area contributed by atoms with E-state index in [-0.39, 0.29) is 0 Å². The van der Waals surface area contributed by atoms with Crippen LogP contribution in [0.4, 0.5) is 0 Å². The molecule has 0 atom stereocenters. The van der Waals surface area contributed by atoms with Crippen LogP contribution in [0.3, 0.4) is 0 Å². The third kappa shape index (κ3) is 1.10. The van der Waals surface area contributed by atoms with E-state index < -0.39 is 0 Å². The van der Waals surface area contributed by atoms with E-state index in [4.69, 9.17) is 0 Å². The fourth-order valence-corrected chi connectivity index (χ4v) is 1.42. The van der Waals surface area contributed by atoms with Crippen molar-refractivity contribution in [3.63, 3.8) is 0 Å². The van der Waals surface area contributed by atoms with Crippen LogP contribution in [-0.4, -0.2) is 0 Å². The molecule has 2 rings (SSSR count). The summed E-state index contributed by atoms with van der Waals surface area (Å²) in [7, 11) is 0. The first-order valence-corrected chi connectivity index (χ1v) is 4.23. The monoisotopic (exact) mass is 156 g/mol. The molecule has 0 saturated carbocycles. The van der Waals surface area contributed by atoms with Gasteiger partial charge in [-0.15, -0.1) is 0 Å². The summed E-state index contributed by atoms with van der Waals surface area (Å²) in [6, 6.07) is 6.57. The van der Waals surface area contributed by atoms with Crippen molar-refractivity contribution in [1.82, 2.24) is 0 Å². The lowest BCUT2D eigenvalue weighted by Gasteiger charge is -2.11. The highest BCUT2D eigenvalue weighted by Crippen LogP contribution is 2.25. The number of rotatable bonds is 1. The van der Waals surface area contributed by atoms with Gasteiger partial charge in [0.1, 0.15) is 0 Å². The molecule has 12 heavy (non-hydrogen) atoms. The number of hydrogen-bond donors (Lipinski definition) is 0. The molecule has 0 radical (unpaired) electrons. The molecule has 0 nitrogen and oxygen atoms in total. The van der Waals surface area contributed by atoms with Crippen LogP contribution in [0.1, 0.15) is 16.7 Å². The predicted octanol–water partition coefficient (Wildman–Crippen LogP) is 3.26. The molecule has 1 aliphatic carbocycles. The van der Waals surface area contributed by atoms with E-state index in [1.54, 1.807) is 0 Å². The molecule has 0 saturated heterocycles. The van der Waals surface area contributed by atoms with Crippen LogP contribution in [0.25, 0.3) is 5.57 Å². The first-order valence-electron chi connectivity index (χ1n) is 4.23. The van der Waals surface area contributed by atoms with Crippen LogP contribution >= 0.6 is 0 Å². The maximum absolute atomic E-state index is 2.24. The molecular formula is C12H12. The zero-order valence-electron chi connectivity index (χ0n) is 7.46. The van der Waals surface area contributed by atoms with Crippen LogP contribution in [0.2, 0.25) is 0 Å². The van der Waals surface area contributed by atoms with Crippen molar-refractivity contribution in [2.45, 2.75) is 13.8 Å². The summed E-state index contributed by atoms with van der Waals surface area (Å²) in [6.45, 7) is 4.29. The fraction of sp³-hybridized carbons (Fsp3) is 0.167. The van der Waals surface area contributed by atoms with E-state index in [1.807, 2.05) is 0 Å². The van der Waals surface area contributed by atoms with Gasteiger partial charge in [-0.05, 0) is 30.5 Å². The highest BCUT2D eigenvalue weighted by molar-refractivity contribution is 5.82. The number of aryl methyl sites for hydroxylation is 2. The second kappa shape index (κ2) is 2.63. The third-order valence-corrected chi connectivity index (χ3v) is 2.26. The average Bonchev–Trinajstić information content (AvgIpc) is 1.93. The molecule has 1 aromatic carbocycles. The largest absolute Gasteiger partial charge is 0.0610 e. The first kappa shape index (κ1) is 7.35. The van der Waals surface area contributed by atoms with Crippen molar-refractivity contribution in [3.05, 3.63) is 53.1 Å². The highest BCUT2D eigenvalue weighted by Gasteiger charge is 2.04. The zero-order chi connectivity index (χ0) is 8.55. The summed E-state index contributed by atoms with van der Waals surface area (Å²) in [4.78, 5) is 0. The minimum atomic E-state index is 1.33. The van der Waals surface area contributed by atoms with Crippen LogP contribution in [0.15, 0.2) is 36.4 Å². The molecule has 0 N–H and O–H groups in total. The van der Waals surface area contributed by atoms with Gasteiger partial charge < -0.3 is 0 Å². The van der Waals surface area contributed by atoms with Crippen molar-refractivity contribution >= 4 is 5.57 Å². The highest BCUT2D eigenvalue weighted by atomic mass is 14.1. The lowest BCUT2D eigenvalue weighted by Crippen LogP contribution is -1.91. The maximum atomic E-state index is 2.24. The molecular weight excluding hydrogens is 144 g/mol. The summed E-state index contributed by atoms with van der Waals surface area (Å²) < 4.78 is 0. The van der Waals surface area contributed by atoms with E-state index in [1.165, 1.54) is 22.3 Å². The van der Waals surface area contributed by atoms with Gasteiger partial charge in [0.25, 0.3) is 0 Å². The Kier molecular flexibility index (Phi) is 1.61. The molecule has 0 aliphatic heterocycles. The fourth-order valence-electron chi connectivity index (χ4n) is 1.42. The summed E-state index contributed by atoms with van der Waals surface area (Å²) >= 11 is 0. The van der Waals surface area contributed by atoms with Crippen molar-refractivity contribution in [3.8, 4) is 0 Å².